The summed E-state index contributed by atoms with van der Waals surface area (Å²) in [4.78, 5) is 4.49. The van der Waals surface area contributed by atoms with Crippen LogP contribution in [0.25, 0.3) is 11.3 Å². The molecule has 96 valence electrons. The Balaban J connectivity index is 2.50. The molecule has 0 atom stereocenters. The number of nitrogen functional groups attached to an aromatic ring is 1. The van der Waals surface area contributed by atoms with Crippen molar-refractivity contribution in [3.05, 3.63) is 35.4 Å². The Morgan fingerprint density at radius 2 is 2.06 bits per heavy atom. The fourth-order valence-electron chi connectivity index (χ4n) is 2.09. The summed E-state index contributed by atoms with van der Waals surface area (Å²) in [6.07, 6.45) is 1.00. The lowest BCUT2D eigenvalue weighted by Gasteiger charge is -2.06. The molecule has 2 rings (SSSR count). The van der Waals surface area contributed by atoms with Crippen LogP contribution >= 0.6 is 0 Å². The Bertz CT molecular complexity index is 573. The molecule has 1 aromatic heterocycles. The van der Waals surface area contributed by atoms with E-state index in [-0.39, 0.29) is 5.82 Å². The van der Waals surface area contributed by atoms with Gasteiger partial charge in [-0.3, -0.25) is 0 Å². The van der Waals surface area contributed by atoms with E-state index < -0.39 is 0 Å². The van der Waals surface area contributed by atoms with Gasteiger partial charge in [0.1, 0.15) is 23.2 Å². The van der Waals surface area contributed by atoms with Crippen molar-refractivity contribution in [2.45, 2.75) is 33.7 Å². The smallest absolute Gasteiger partial charge is 0.131 e. The number of aryl methyl sites for hydroxylation is 2. The first kappa shape index (κ1) is 12.6. The Morgan fingerprint density at radius 1 is 1.33 bits per heavy atom. The van der Waals surface area contributed by atoms with Gasteiger partial charge >= 0.3 is 0 Å². The molecule has 0 radical (unpaired) electrons. The molecular formula is C14H18FN3. The first-order chi connectivity index (χ1) is 8.54. The van der Waals surface area contributed by atoms with E-state index in [1.165, 1.54) is 6.07 Å². The number of benzene rings is 1. The van der Waals surface area contributed by atoms with Gasteiger partial charge in [0.25, 0.3) is 0 Å². The lowest BCUT2D eigenvalue weighted by atomic mass is 10.1. The average molecular weight is 247 g/mol. The van der Waals surface area contributed by atoms with E-state index in [0.717, 1.165) is 30.0 Å². The van der Waals surface area contributed by atoms with Gasteiger partial charge in [-0.25, -0.2) is 9.37 Å². The number of anilines is 1. The molecule has 0 saturated carbocycles. The molecule has 18 heavy (non-hydrogen) atoms. The maximum absolute atomic E-state index is 13.3. The molecule has 2 aromatic rings. The van der Waals surface area contributed by atoms with Crippen LogP contribution in [0, 0.1) is 19.7 Å². The second kappa shape index (κ2) is 4.80. The fraction of sp³-hybridized carbons (Fsp3) is 0.357. The van der Waals surface area contributed by atoms with Crippen molar-refractivity contribution in [2.75, 3.05) is 5.73 Å². The molecule has 0 saturated heterocycles. The van der Waals surface area contributed by atoms with E-state index in [1.807, 2.05) is 11.5 Å². The highest BCUT2D eigenvalue weighted by Gasteiger charge is 2.13. The van der Waals surface area contributed by atoms with Crippen molar-refractivity contribution < 1.29 is 4.39 Å². The fourth-order valence-corrected chi connectivity index (χ4v) is 2.09. The van der Waals surface area contributed by atoms with Crippen LogP contribution in [0.3, 0.4) is 0 Å². The van der Waals surface area contributed by atoms with Gasteiger partial charge in [0.2, 0.25) is 0 Å². The Morgan fingerprint density at radius 3 is 2.67 bits per heavy atom. The standard InChI is InChI=1S/C14H18FN3/c1-4-7-18-10(3)17-13(14(18)16)11-5-6-12(15)9(2)8-11/h5-6,8H,4,7,16H2,1-3H3. The molecule has 1 heterocycles. The number of nitrogens with zero attached hydrogens (tertiary/aromatic N) is 2. The molecule has 0 fully saturated rings. The third-order valence-electron chi connectivity index (χ3n) is 3.08. The van der Waals surface area contributed by atoms with E-state index in [1.54, 1.807) is 19.1 Å². The molecule has 2 N–H and O–H groups in total. The van der Waals surface area contributed by atoms with Crippen LogP contribution in [-0.2, 0) is 6.54 Å². The topological polar surface area (TPSA) is 43.8 Å². The molecule has 0 spiro atoms. The predicted molar refractivity (Wildman–Crippen MR) is 71.8 cm³/mol. The molecular weight excluding hydrogens is 229 g/mol. The number of halogens is 1. The summed E-state index contributed by atoms with van der Waals surface area (Å²) in [7, 11) is 0. The maximum Gasteiger partial charge on any atom is 0.131 e. The van der Waals surface area contributed by atoms with Crippen LogP contribution in [0.5, 0.6) is 0 Å². The van der Waals surface area contributed by atoms with Crippen molar-refractivity contribution in [3.8, 4) is 11.3 Å². The molecule has 0 bridgehead atoms. The molecule has 0 aliphatic heterocycles. The first-order valence-corrected chi connectivity index (χ1v) is 6.13. The van der Waals surface area contributed by atoms with Gasteiger partial charge < -0.3 is 10.3 Å². The van der Waals surface area contributed by atoms with E-state index in [0.29, 0.717) is 11.4 Å². The number of rotatable bonds is 3. The molecule has 0 amide bonds. The van der Waals surface area contributed by atoms with E-state index in [2.05, 4.69) is 11.9 Å². The van der Waals surface area contributed by atoms with Gasteiger partial charge in [0.05, 0.1) is 0 Å². The van der Waals surface area contributed by atoms with Gasteiger partial charge in [-0.05, 0) is 44.0 Å². The Hall–Kier alpha value is -1.84. The summed E-state index contributed by atoms with van der Waals surface area (Å²) < 4.78 is 15.3. The maximum atomic E-state index is 13.3. The van der Waals surface area contributed by atoms with Gasteiger partial charge in [-0.15, -0.1) is 0 Å². The van der Waals surface area contributed by atoms with Crippen LogP contribution in [0.4, 0.5) is 10.2 Å². The van der Waals surface area contributed by atoms with Crippen LogP contribution < -0.4 is 5.73 Å². The normalized spacial score (nSPS) is 10.9. The summed E-state index contributed by atoms with van der Waals surface area (Å²) in [6.45, 7) is 6.63. The van der Waals surface area contributed by atoms with E-state index >= 15 is 0 Å². The monoisotopic (exact) mass is 247 g/mol. The highest BCUT2D eigenvalue weighted by Crippen LogP contribution is 2.27. The summed E-state index contributed by atoms with van der Waals surface area (Å²) in [5, 5.41) is 0. The molecule has 0 unspecified atom stereocenters. The minimum Gasteiger partial charge on any atom is -0.383 e. The number of nitrogens with two attached hydrogens (primary N) is 1. The van der Waals surface area contributed by atoms with Crippen molar-refractivity contribution in [2.24, 2.45) is 0 Å². The molecule has 0 aliphatic carbocycles. The highest BCUT2D eigenvalue weighted by atomic mass is 19.1. The number of aromatic nitrogens is 2. The van der Waals surface area contributed by atoms with Crippen molar-refractivity contribution in [3.63, 3.8) is 0 Å². The van der Waals surface area contributed by atoms with E-state index in [4.69, 9.17) is 5.73 Å². The largest absolute Gasteiger partial charge is 0.383 e. The van der Waals surface area contributed by atoms with Crippen molar-refractivity contribution in [1.82, 2.24) is 9.55 Å². The molecule has 0 aliphatic rings. The van der Waals surface area contributed by atoms with Crippen LogP contribution in [0.15, 0.2) is 18.2 Å². The van der Waals surface area contributed by atoms with Crippen molar-refractivity contribution >= 4 is 5.82 Å². The number of hydrogen-bond acceptors (Lipinski definition) is 2. The van der Waals surface area contributed by atoms with E-state index in [9.17, 15) is 4.39 Å². The van der Waals surface area contributed by atoms with Gasteiger partial charge in [0, 0.05) is 12.1 Å². The Kier molecular flexibility index (Phi) is 3.36. The third-order valence-corrected chi connectivity index (χ3v) is 3.08. The number of hydrogen-bond donors (Lipinski definition) is 1. The zero-order chi connectivity index (χ0) is 13.3. The molecule has 3 nitrogen and oxygen atoms in total. The number of imidazole rings is 1. The summed E-state index contributed by atoms with van der Waals surface area (Å²) in [5.74, 6) is 1.34. The van der Waals surface area contributed by atoms with Gasteiger partial charge in [0.15, 0.2) is 0 Å². The van der Waals surface area contributed by atoms with Gasteiger partial charge in [-0.2, -0.15) is 0 Å². The lowest BCUT2D eigenvalue weighted by molar-refractivity contribution is 0.619. The minimum atomic E-state index is -0.206. The summed E-state index contributed by atoms with van der Waals surface area (Å²) in [5.41, 5.74) is 8.33. The predicted octanol–water partition coefficient (Wildman–Crippen LogP) is 3.30. The second-order valence-electron chi connectivity index (χ2n) is 4.51. The second-order valence-corrected chi connectivity index (χ2v) is 4.51. The van der Waals surface area contributed by atoms with Crippen LogP contribution in [0.2, 0.25) is 0 Å². The lowest BCUT2D eigenvalue weighted by Crippen LogP contribution is -2.04. The quantitative estimate of drug-likeness (QED) is 0.904. The Labute approximate surface area is 106 Å². The molecule has 4 heteroatoms. The first-order valence-electron chi connectivity index (χ1n) is 6.13. The van der Waals surface area contributed by atoms with Crippen molar-refractivity contribution in [1.29, 1.82) is 0 Å². The zero-order valence-electron chi connectivity index (χ0n) is 11.0. The third kappa shape index (κ3) is 2.10. The highest BCUT2D eigenvalue weighted by molar-refractivity contribution is 5.71. The zero-order valence-corrected chi connectivity index (χ0v) is 11.0. The molecule has 1 aromatic carbocycles. The average Bonchev–Trinajstić information content (AvgIpc) is 2.61. The SMILES string of the molecule is CCCn1c(C)nc(-c2ccc(F)c(C)c2)c1N. The summed E-state index contributed by atoms with van der Waals surface area (Å²) >= 11 is 0. The minimum absolute atomic E-state index is 0.206. The van der Waals surface area contributed by atoms with Gasteiger partial charge in [-0.1, -0.05) is 6.92 Å². The van der Waals surface area contributed by atoms with Crippen LogP contribution in [-0.4, -0.2) is 9.55 Å². The van der Waals surface area contributed by atoms with Crippen LogP contribution in [0.1, 0.15) is 24.7 Å². The summed E-state index contributed by atoms with van der Waals surface area (Å²) in [6, 6.07) is 4.96.